The Labute approximate surface area is 82.5 Å². The van der Waals surface area contributed by atoms with E-state index in [4.69, 9.17) is 16.6 Å². The number of carboxylic acid groups (broad SMARTS) is 1. The Kier molecular flexibility index (Phi) is 3.62. The molecule has 0 saturated heterocycles. The molecule has 0 heterocycles. The van der Waals surface area contributed by atoms with Gasteiger partial charge in [0.2, 0.25) is 0 Å². The number of carboxylic acids is 1. The van der Waals surface area contributed by atoms with Gasteiger partial charge in [-0.05, 0) is 30.7 Å². The van der Waals surface area contributed by atoms with Crippen LogP contribution < -0.4 is 11.5 Å². The van der Waals surface area contributed by atoms with Gasteiger partial charge < -0.3 is 16.6 Å². The topological polar surface area (TPSA) is 89.3 Å². The largest absolute Gasteiger partial charge is 0.478 e. The van der Waals surface area contributed by atoms with Gasteiger partial charge in [0.05, 0.1) is 5.56 Å². The van der Waals surface area contributed by atoms with Crippen LogP contribution in [0.5, 0.6) is 0 Å². The summed E-state index contributed by atoms with van der Waals surface area (Å²) in [7, 11) is 0. The molecule has 0 amide bonds. The van der Waals surface area contributed by atoms with Crippen molar-refractivity contribution in [1.82, 2.24) is 0 Å². The molecule has 0 aromatic heterocycles. The van der Waals surface area contributed by atoms with Gasteiger partial charge in [0.25, 0.3) is 0 Å². The lowest BCUT2D eigenvalue weighted by atomic mass is 10.0. The summed E-state index contributed by atoms with van der Waals surface area (Å²) >= 11 is 0. The van der Waals surface area contributed by atoms with Gasteiger partial charge in [-0.15, -0.1) is 0 Å². The first kappa shape index (κ1) is 10.7. The van der Waals surface area contributed by atoms with Gasteiger partial charge in [0.15, 0.2) is 0 Å². The Balaban J connectivity index is 2.77. The number of hydrogen-bond acceptors (Lipinski definition) is 3. The third-order valence-electron chi connectivity index (χ3n) is 2.06. The number of aromatic carboxylic acids is 1. The van der Waals surface area contributed by atoms with E-state index in [9.17, 15) is 4.79 Å². The van der Waals surface area contributed by atoms with Crippen molar-refractivity contribution in [2.45, 2.75) is 12.5 Å². The summed E-state index contributed by atoms with van der Waals surface area (Å²) in [4.78, 5) is 10.6. The van der Waals surface area contributed by atoms with Crippen molar-refractivity contribution in [3.05, 3.63) is 35.4 Å². The van der Waals surface area contributed by atoms with Crippen molar-refractivity contribution >= 4 is 5.97 Å². The summed E-state index contributed by atoms with van der Waals surface area (Å²) in [5, 5.41) is 8.67. The lowest BCUT2D eigenvalue weighted by Crippen LogP contribution is -2.15. The molecule has 0 bridgehead atoms. The van der Waals surface area contributed by atoms with Crippen LogP contribution >= 0.6 is 0 Å². The number of nitrogens with two attached hydrogens (primary N) is 2. The molecule has 4 heteroatoms. The van der Waals surface area contributed by atoms with E-state index in [2.05, 4.69) is 0 Å². The summed E-state index contributed by atoms with van der Waals surface area (Å²) < 4.78 is 0. The van der Waals surface area contributed by atoms with Crippen LogP contribution in [0.25, 0.3) is 0 Å². The fourth-order valence-electron chi connectivity index (χ4n) is 1.22. The van der Waals surface area contributed by atoms with E-state index in [1.165, 1.54) is 0 Å². The minimum Gasteiger partial charge on any atom is -0.478 e. The Morgan fingerprint density at radius 3 is 2.36 bits per heavy atom. The van der Waals surface area contributed by atoms with E-state index in [1.54, 1.807) is 24.3 Å². The smallest absolute Gasteiger partial charge is 0.335 e. The number of hydrogen-bond donors (Lipinski definition) is 3. The van der Waals surface area contributed by atoms with Crippen molar-refractivity contribution in [2.75, 3.05) is 6.54 Å². The van der Waals surface area contributed by atoms with E-state index in [-0.39, 0.29) is 11.6 Å². The van der Waals surface area contributed by atoms with Crippen LogP contribution in [0, 0.1) is 0 Å². The van der Waals surface area contributed by atoms with Crippen LogP contribution in [0.4, 0.5) is 0 Å². The zero-order chi connectivity index (χ0) is 10.6. The summed E-state index contributed by atoms with van der Waals surface area (Å²) in [6.45, 7) is 0.530. The summed E-state index contributed by atoms with van der Waals surface area (Å²) in [5.41, 5.74) is 12.4. The maximum atomic E-state index is 10.6. The van der Waals surface area contributed by atoms with Gasteiger partial charge in [0.1, 0.15) is 0 Å². The molecule has 5 N–H and O–H groups in total. The number of carbonyl (C=O) groups is 1. The molecule has 76 valence electrons. The highest BCUT2D eigenvalue weighted by atomic mass is 16.4. The van der Waals surface area contributed by atoms with E-state index in [0.717, 1.165) is 5.56 Å². The second-order valence-corrected chi connectivity index (χ2v) is 3.11. The lowest BCUT2D eigenvalue weighted by Gasteiger charge is -2.10. The molecule has 0 radical (unpaired) electrons. The van der Waals surface area contributed by atoms with E-state index < -0.39 is 5.97 Å². The molecule has 14 heavy (non-hydrogen) atoms. The zero-order valence-electron chi connectivity index (χ0n) is 7.81. The van der Waals surface area contributed by atoms with E-state index in [1.807, 2.05) is 0 Å². The van der Waals surface area contributed by atoms with Crippen LogP contribution in [0.2, 0.25) is 0 Å². The molecule has 1 aromatic rings. The van der Waals surface area contributed by atoms with Crippen LogP contribution in [0.1, 0.15) is 28.4 Å². The molecular formula is C10H14N2O2. The highest BCUT2D eigenvalue weighted by molar-refractivity contribution is 5.87. The van der Waals surface area contributed by atoms with Crippen molar-refractivity contribution < 1.29 is 9.90 Å². The summed E-state index contributed by atoms with van der Waals surface area (Å²) in [5.74, 6) is -0.927. The minimum absolute atomic E-state index is 0.108. The molecule has 1 aromatic carbocycles. The van der Waals surface area contributed by atoms with Crippen LogP contribution in [-0.4, -0.2) is 17.6 Å². The van der Waals surface area contributed by atoms with Crippen molar-refractivity contribution in [3.8, 4) is 0 Å². The molecule has 1 atom stereocenters. The van der Waals surface area contributed by atoms with Crippen molar-refractivity contribution in [2.24, 2.45) is 11.5 Å². The van der Waals surface area contributed by atoms with Crippen LogP contribution in [-0.2, 0) is 0 Å². The standard InChI is InChI=1S/C10H14N2O2/c11-6-5-9(12)7-1-3-8(4-2-7)10(13)14/h1-4,9H,5-6,11-12H2,(H,13,14)/t9-/m1/s1. The highest BCUT2D eigenvalue weighted by Gasteiger charge is 2.06. The van der Waals surface area contributed by atoms with Gasteiger partial charge >= 0.3 is 5.97 Å². The zero-order valence-corrected chi connectivity index (χ0v) is 7.81. The number of rotatable bonds is 4. The molecule has 4 nitrogen and oxygen atoms in total. The maximum Gasteiger partial charge on any atom is 0.335 e. The number of benzene rings is 1. The van der Waals surface area contributed by atoms with E-state index >= 15 is 0 Å². The fraction of sp³-hybridized carbons (Fsp3) is 0.300. The monoisotopic (exact) mass is 194 g/mol. The molecule has 0 aliphatic carbocycles. The average molecular weight is 194 g/mol. The Morgan fingerprint density at radius 1 is 1.36 bits per heavy atom. The minimum atomic E-state index is -0.927. The van der Waals surface area contributed by atoms with E-state index in [0.29, 0.717) is 13.0 Å². The summed E-state index contributed by atoms with van der Waals surface area (Å²) in [6.07, 6.45) is 0.701. The highest BCUT2D eigenvalue weighted by Crippen LogP contribution is 2.13. The first-order chi connectivity index (χ1) is 6.65. The lowest BCUT2D eigenvalue weighted by molar-refractivity contribution is 0.0697. The molecule has 0 fully saturated rings. The van der Waals surface area contributed by atoms with Gasteiger partial charge in [0, 0.05) is 6.04 Å². The molecule has 0 saturated carbocycles. The fourth-order valence-corrected chi connectivity index (χ4v) is 1.22. The average Bonchev–Trinajstić information content (AvgIpc) is 2.18. The first-order valence-corrected chi connectivity index (χ1v) is 4.44. The van der Waals surface area contributed by atoms with Gasteiger partial charge in [-0.2, -0.15) is 0 Å². The Bertz CT molecular complexity index is 308. The molecule has 1 rings (SSSR count). The van der Waals surface area contributed by atoms with Crippen molar-refractivity contribution in [3.63, 3.8) is 0 Å². The molecule has 0 aliphatic heterocycles. The molecule has 0 aliphatic rings. The maximum absolute atomic E-state index is 10.6. The normalized spacial score (nSPS) is 12.4. The Hall–Kier alpha value is -1.39. The van der Waals surface area contributed by atoms with Gasteiger partial charge in [-0.3, -0.25) is 0 Å². The van der Waals surface area contributed by atoms with Crippen molar-refractivity contribution in [1.29, 1.82) is 0 Å². The SMILES string of the molecule is NCC[C@@H](N)c1ccc(C(=O)O)cc1. The van der Waals surface area contributed by atoms with Crippen LogP contribution in [0.3, 0.4) is 0 Å². The van der Waals surface area contributed by atoms with Gasteiger partial charge in [-0.1, -0.05) is 12.1 Å². The van der Waals surface area contributed by atoms with Gasteiger partial charge in [-0.25, -0.2) is 4.79 Å². The van der Waals surface area contributed by atoms with Crippen LogP contribution in [0.15, 0.2) is 24.3 Å². The molecule has 0 spiro atoms. The third kappa shape index (κ3) is 2.55. The quantitative estimate of drug-likeness (QED) is 0.659. The first-order valence-electron chi connectivity index (χ1n) is 4.44. The Morgan fingerprint density at radius 2 is 1.93 bits per heavy atom. The summed E-state index contributed by atoms with van der Waals surface area (Å²) in [6, 6.07) is 6.44. The third-order valence-corrected chi connectivity index (χ3v) is 2.06. The molecule has 0 unspecified atom stereocenters. The second kappa shape index (κ2) is 4.74. The molecular weight excluding hydrogens is 180 g/mol. The second-order valence-electron chi connectivity index (χ2n) is 3.11. The predicted octanol–water partition coefficient (Wildman–Crippen LogP) is 0.733. The predicted molar refractivity (Wildman–Crippen MR) is 54.0 cm³/mol.